The van der Waals surface area contributed by atoms with Crippen LogP contribution in [0.4, 0.5) is 11.4 Å². The van der Waals surface area contributed by atoms with Crippen LogP contribution in [0.2, 0.25) is 18.6 Å². The average molecular weight is 759 g/mol. The third-order valence-electron chi connectivity index (χ3n) is 10.8. The van der Waals surface area contributed by atoms with Crippen LogP contribution < -0.4 is 9.80 Å². The van der Waals surface area contributed by atoms with Gasteiger partial charge in [0.15, 0.2) is 13.9 Å². The van der Waals surface area contributed by atoms with Crippen LogP contribution in [-0.2, 0) is 33.0 Å². The monoisotopic (exact) mass is 757 g/mol. The topological polar surface area (TPSA) is 121 Å². The number of aromatic nitrogens is 3. The third kappa shape index (κ3) is 6.25. The Hall–Kier alpha value is -3.68. The van der Waals surface area contributed by atoms with E-state index in [0.717, 1.165) is 51.9 Å². The van der Waals surface area contributed by atoms with Crippen LogP contribution in [0.3, 0.4) is 0 Å². The van der Waals surface area contributed by atoms with E-state index in [9.17, 15) is 19.5 Å². The normalized spacial score (nSPS) is 24.3. The number of hydrogen-bond donors (Lipinski definition) is 2. The molecule has 3 aliphatic heterocycles. The molecule has 12 heteroatoms. The van der Waals surface area contributed by atoms with Crippen molar-refractivity contribution in [3.05, 3.63) is 106 Å². The number of hydrogen-bond acceptors (Lipinski definition) is 7. The van der Waals surface area contributed by atoms with Crippen molar-refractivity contribution in [2.75, 3.05) is 23.0 Å². The fourth-order valence-corrected chi connectivity index (χ4v) is 11.4. The van der Waals surface area contributed by atoms with E-state index < -0.39 is 20.0 Å². The molecular formula is C38H44BrN5O5Si. The SMILES string of the molecule is C[C@@H]1[C@@H]([Si](C)(C)O)[C@H](CCn2cc(C(CO)c3ccccc3)nn2)O[C@@]12C(=O)N(Cc1ccc(N3CCCCC3=O)cc1)c1ccc(Br)cc12. The molecule has 0 radical (unpaired) electrons. The Labute approximate surface area is 302 Å². The second-order valence-corrected chi connectivity index (χ2v) is 19.3. The van der Waals surface area contributed by atoms with Gasteiger partial charge in [0.05, 0.1) is 36.6 Å². The first-order valence-corrected chi connectivity index (χ1v) is 21.3. The van der Waals surface area contributed by atoms with Crippen LogP contribution >= 0.6 is 15.9 Å². The molecule has 0 aliphatic carbocycles. The quantitative estimate of drug-likeness (QED) is 0.187. The molecule has 50 heavy (non-hydrogen) atoms. The fourth-order valence-electron chi connectivity index (χ4n) is 8.42. The molecule has 0 bridgehead atoms. The van der Waals surface area contributed by atoms with Crippen molar-refractivity contribution in [1.29, 1.82) is 0 Å². The van der Waals surface area contributed by atoms with E-state index >= 15 is 0 Å². The van der Waals surface area contributed by atoms with Crippen molar-refractivity contribution in [2.24, 2.45) is 5.92 Å². The predicted octanol–water partition coefficient (Wildman–Crippen LogP) is 6.12. The summed E-state index contributed by atoms with van der Waals surface area (Å²) >= 11 is 3.65. The highest BCUT2D eigenvalue weighted by Gasteiger charge is 2.66. The minimum absolute atomic E-state index is 0.0866. The molecule has 4 heterocycles. The van der Waals surface area contributed by atoms with E-state index in [1.165, 1.54) is 0 Å². The van der Waals surface area contributed by atoms with Crippen molar-refractivity contribution in [2.45, 2.75) is 82.0 Å². The molecule has 4 aromatic rings. The predicted molar refractivity (Wildman–Crippen MR) is 197 cm³/mol. The van der Waals surface area contributed by atoms with Gasteiger partial charge >= 0.3 is 0 Å². The molecule has 5 atom stereocenters. The Kier molecular flexibility index (Phi) is 9.59. The third-order valence-corrected chi connectivity index (χ3v) is 13.8. The molecule has 3 aliphatic rings. The summed E-state index contributed by atoms with van der Waals surface area (Å²) in [6.45, 7) is 7.37. The van der Waals surface area contributed by atoms with E-state index in [0.29, 0.717) is 31.6 Å². The van der Waals surface area contributed by atoms with Crippen LogP contribution in [0.25, 0.3) is 0 Å². The zero-order valence-corrected chi connectivity index (χ0v) is 31.3. The summed E-state index contributed by atoms with van der Waals surface area (Å²) in [6.07, 6.45) is 4.49. The van der Waals surface area contributed by atoms with Crippen LogP contribution in [0, 0.1) is 5.92 Å². The van der Waals surface area contributed by atoms with Crippen LogP contribution in [0.15, 0.2) is 83.5 Å². The summed E-state index contributed by atoms with van der Waals surface area (Å²) in [7, 11) is -2.85. The summed E-state index contributed by atoms with van der Waals surface area (Å²) in [4.78, 5) is 42.7. The Balaban J connectivity index is 1.15. The lowest BCUT2D eigenvalue weighted by Gasteiger charge is -2.32. The number of carbonyl (C=O) groups excluding carboxylic acids is 2. The largest absolute Gasteiger partial charge is 0.432 e. The summed E-state index contributed by atoms with van der Waals surface area (Å²) in [5, 5.41) is 18.9. The standard InChI is InChI=1S/C38H44BrN5O5Si/c1-25-36(50(2,3)48)34(18-20-42-23-32(40-41-42)30(24-45)27-9-5-4-6-10-27)49-38(25)31-21-28(39)14-17-33(31)44(37(38)47)22-26-12-15-29(16-13-26)43-19-8-7-11-35(43)46/h4-6,9-10,12-17,21,23,25,30,34,36,45,48H,7-8,11,18-20,22,24H2,1-3H3/t25-,30?,34+,36-,38+/m1/s1. The molecule has 262 valence electrons. The lowest BCUT2D eigenvalue weighted by molar-refractivity contribution is -0.146. The molecule has 2 N–H and O–H groups in total. The highest BCUT2D eigenvalue weighted by molar-refractivity contribution is 9.10. The highest BCUT2D eigenvalue weighted by Crippen LogP contribution is 2.60. The van der Waals surface area contributed by atoms with Gasteiger partial charge < -0.3 is 24.4 Å². The zero-order chi connectivity index (χ0) is 35.2. The summed E-state index contributed by atoms with van der Waals surface area (Å²) in [6, 6.07) is 23.6. The number of amides is 2. The molecule has 1 aromatic heterocycles. The molecule has 1 unspecified atom stereocenters. The van der Waals surface area contributed by atoms with Crippen molar-refractivity contribution in [3.63, 3.8) is 0 Å². The maximum absolute atomic E-state index is 14.8. The van der Waals surface area contributed by atoms with Gasteiger partial charge in [0, 0.05) is 52.9 Å². The number of anilines is 2. The van der Waals surface area contributed by atoms with Gasteiger partial charge in [-0.3, -0.25) is 14.3 Å². The van der Waals surface area contributed by atoms with Crippen LogP contribution in [0.1, 0.15) is 60.9 Å². The van der Waals surface area contributed by atoms with Gasteiger partial charge in [0.1, 0.15) is 0 Å². The van der Waals surface area contributed by atoms with Crippen molar-refractivity contribution >= 4 is 47.4 Å². The Morgan fingerprint density at radius 3 is 2.52 bits per heavy atom. The number of rotatable bonds is 10. The minimum atomic E-state index is -2.85. The Bertz CT molecular complexity index is 1870. The molecule has 2 fully saturated rings. The summed E-state index contributed by atoms with van der Waals surface area (Å²) in [5.74, 6) is -0.554. The van der Waals surface area contributed by atoms with Gasteiger partial charge in [-0.25, -0.2) is 0 Å². The first-order valence-electron chi connectivity index (χ1n) is 17.5. The number of benzene rings is 3. The number of aliphatic hydroxyl groups excluding tert-OH is 1. The maximum atomic E-state index is 14.8. The Morgan fingerprint density at radius 1 is 1.06 bits per heavy atom. The first-order chi connectivity index (χ1) is 24.0. The van der Waals surface area contributed by atoms with E-state index in [2.05, 4.69) is 26.2 Å². The molecule has 7 rings (SSSR count). The average Bonchev–Trinajstić information content (AvgIpc) is 3.75. The van der Waals surface area contributed by atoms with E-state index in [4.69, 9.17) is 4.74 Å². The smallest absolute Gasteiger partial charge is 0.264 e. The number of nitrogens with zero attached hydrogens (tertiary/aromatic N) is 5. The van der Waals surface area contributed by atoms with Gasteiger partial charge in [0.25, 0.3) is 5.91 Å². The summed E-state index contributed by atoms with van der Waals surface area (Å²) < 4.78 is 9.63. The van der Waals surface area contributed by atoms with Gasteiger partial charge in [-0.1, -0.05) is 70.5 Å². The molecule has 2 saturated heterocycles. The van der Waals surface area contributed by atoms with Gasteiger partial charge in [0.2, 0.25) is 5.91 Å². The number of fused-ring (bicyclic) bond motifs is 2. The van der Waals surface area contributed by atoms with Crippen molar-refractivity contribution in [3.8, 4) is 0 Å². The van der Waals surface area contributed by atoms with Crippen LogP contribution in [0.5, 0.6) is 0 Å². The lowest BCUT2D eigenvalue weighted by Crippen LogP contribution is -2.46. The summed E-state index contributed by atoms with van der Waals surface area (Å²) in [5.41, 5.74) is 3.60. The second kappa shape index (κ2) is 13.8. The van der Waals surface area contributed by atoms with E-state index in [1.807, 2.05) is 109 Å². The van der Waals surface area contributed by atoms with Gasteiger partial charge in [-0.15, -0.1) is 5.10 Å². The highest BCUT2D eigenvalue weighted by atomic mass is 79.9. The minimum Gasteiger partial charge on any atom is -0.432 e. The van der Waals surface area contributed by atoms with Gasteiger partial charge in [-0.05, 0) is 73.8 Å². The second-order valence-electron chi connectivity index (χ2n) is 14.4. The molecule has 3 aromatic carbocycles. The number of halogens is 1. The number of aryl methyl sites for hydroxylation is 1. The molecule has 2 amide bonds. The number of piperidine rings is 1. The molecule has 10 nitrogen and oxygen atoms in total. The first kappa shape index (κ1) is 34.8. The zero-order valence-electron chi connectivity index (χ0n) is 28.7. The number of ether oxygens (including phenoxy) is 1. The Morgan fingerprint density at radius 2 is 1.82 bits per heavy atom. The van der Waals surface area contributed by atoms with Crippen molar-refractivity contribution in [1.82, 2.24) is 15.0 Å². The van der Waals surface area contributed by atoms with Gasteiger partial charge in [-0.2, -0.15) is 0 Å². The number of aliphatic hydroxyl groups is 1. The molecule has 0 saturated carbocycles. The van der Waals surface area contributed by atoms with Crippen LogP contribution in [-0.4, -0.2) is 64.3 Å². The van der Waals surface area contributed by atoms with Crippen molar-refractivity contribution < 1.29 is 24.2 Å². The number of carbonyl (C=O) groups is 2. The maximum Gasteiger partial charge on any atom is 0.264 e. The fraction of sp³-hybridized carbons (Fsp3) is 0.421. The molecule has 1 spiro atoms. The molecular weight excluding hydrogens is 714 g/mol. The van der Waals surface area contributed by atoms with E-state index in [1.54, 1.807) is 4.68 Å². The van der Waals surface area contributed by atoms with E-state index in [-0.39, 0.29) is 35.8 Å². The lowest BCUT2D eigenvalue weighted by atomic mass is 9.82.